The number of ether oxygens (including phenoxy) is 2. The molecule has 0 saturated heterocycles. The molecule has 1 amide bonds. The molecule has 1 aliphatic heterocycles. The first-order valence-corrected chi connectivity index (χ1v) is 8.78. The van der Waals surface area contributed by atoms with Gasteiger partial charge in [-0.2, -0.15) is 0 Å². The Morgan fingerprint density at radius 2 is 1.85 bits per heavy atom. The molecule has 2 aromatic rings. The van der Waals surface area contributed by atoms with Crippen molar-refractivity contribution in [3.8, 4) is 0 Å². The molecule has 1 aliphatic rings. The van der Waals surface area contributed by atoms with Crippen molar-refractivity contribution >= 4 is 17.6 Å². The monoisotopic (exact) mass is 353 g/mol. The van der Waals surface area contributed by atoms with Gasteiger partial charge in [0.25, 0.3) is 5.91 Å². The van der Waals surface area contributed by atoms with Gasteiger partial charge in [-0.1, -0.05) is 30.3 Å². The topological polar surface area (TPSA) is 55.8 Å². The number of carbonyl (C=O) groups is 2. The molecule has 3 rings (SSSR count). The Balaban J connectivity index is 1.67. The lowest BCUT2D eigenvalue weighted by atomic mass is 10.0. The Morgan fingerprint density at radius 3 is 2.58 bits per heavy atom. The number of benzene rings is 2. The molecule has 0 saturated carbocycles. The number of anilines is 1. The van der Waals surface area contributed by atoms with Crippen molar-refractivity contribution in [3.05, 3.63) is 65.2 Å². The van der Waals surface area contributed by atoms with Gasteiger partial charge in [-0.15, -0.1) is 0 Å². The molecule has 1 unspecified atom stereocenters. The Bertz CT molecular complexity index is 785. The highest BCUT2D eigenvalue weighted by molar-refractivity contribution is 5.99. The van der Waals surface area contributed by atoms with Gasteiger partial charge in [0.1, 0.15) is 0 Å². The number of esters is 1. The van der Waals surface area contributed by atoms with E-state index in [-0.39, 0.29) is 5.91 Å². The number of carbonyl (C=O) groups excluding carboxylic acids is 2. The zero-order valence-electron chi connectivity index (χ0n) is 15.1. The van der Waals surface area contributed by atoms with Crippen LogP contribution in [0.1, 0.15) is 34.8 Å². The third-order valence-corrected chi connectivity index (χ3v) is 4.51. The first-order chi connectivity index (χ1) is 12.6. The summed E-state index contributed by atoms with van der Waals surface area (Å²) in [6, 6.07) is 14.9. The number of para-hydroxylation sites is 1. The van der Waals surface area contributed by atoms with E-state index >= 15 is 0 Å². The van der Waals surface area contributed by atoms with Crippen LogP contribution in [0.4, 0.5) is 5.69 Å². The summed E-state index contributed by atoms with van der Waals surface area (Å²) in [5.74, 6) is -0.693. The lowest BCUT2D eigenvalue weighted by Gasteiger charge is -2.31. The zero-order valence-corrected chi connectivity index (χ0v) is 15.1. The van der Waals surface area contributed by atoms with E-state index in [1.165, 1.54) is 0 Å². The lowest BCUT2D eigenvalue weighted by molar-refractivity contribution is -0.126. The van der Waals surface area contributed by atoms with E-state index in [0.29, 0.717) is 18.7 Å². The van der Waals surface area contributed by atoms with Crippen LogP contribution in [0.5, 0.6) is 0 Å². The first kappa shape index (κ1) is 18.1. The fraction of sp³-hybridized carbons (Fsp3) is 0.333. The molecule has 0 radical (unpaired) electrons. The van der Waals surface area contributed by atoms with Crippen LogP contribution < -0.4 is 4.90 Å². The molecule has 0 fully saturated rings. The van der Waals surface area contributed by atoms with Crippen LogP contribution in [0.3, 0.4) is 0 Å². The number of methoxy groups -OCH3 is 1. The van der Waals surface area contributed by atoms with Crippen LogP contribution in [0.2, 0.25) is 0 Å². The third-order valence-electron chi connectivity index (χ3n) is 4.51. The highest BCUT2D eigenvalue weighted by Gasteiger charge is 2.28. The molecule has 136 valence electrons. The summed E-state index contributed by atoms with van der Waals surface area (Å²) in [6.45, 7) is 2.75. The summed E-state index contributed by atoms with van der Waals surface area (Å²) < 4.78 is 10.5. The zero-order chi connectivity index (χ0) is 18.5. The predicted molar refractivity (Wildman–Crippen MR) is 99.1 cm³/mol. The summed E-state index contributed by atoms with van der Waals surface area (Å²) in [6.07, 6.45) is 1.03. The van der Waals surface area contributed by atoms with E-state index in [1.807, 2.05) is 36.4 Å². The Morgan fingerprint density at radius 1 is 1.12 bits per heavy atom. The van der Waals surface area contributed by atoms with Crippen molar-refractivity contribution in [2.45, 2.75) is 32.5 Å². The van der Waals surface area contributed by atoms with E-state index in [2.05, 4.69) is 0 Å². The average Bonchev–Trinajstić information content (AvgIpc) is 2.67. The molecule has 0 aliphatic carbocycles. The van der Waals surface area contributed by atoms with Gasteiger partial charge in [-0.25, -0.2) is 4.79 Å². The SMILES string of the molecule is COCc1ccc(C(=O)OC(C)C(=O)N2CCCc3ccccc32)cc1. The smallest absolute Gasteiger partial charge is 0.338 e. The second-order valence-corrected chi connectivity index (χ2v) is 6.40. The van der Waals surface area contributed by atoms with E-state index in [4.69, 9.17) is 9.47 Å². The summed E-state index contributed by atoms with van der Waals surface area (Å²) in [5.41, 5.74) is 3.46. The number of aryl methyl sites for hydroxylation is 1. The van der Waals surface area contributed by atoms with E-state index < -0.39 is 12.1 Å². The van der Waals surface area contributed by atoms with Crippen molar-refractivity contribution in [2.75, 3.05) is 18.6 Å². The van der Waals surface area contributed by atoms with Crippen LogP contribution in [0, 0.1) is 0 Å². The second-order valence-electron chi connectivity index (χ2n) is 6.40. The molecule has 1 heterocycles. The fourth-order valence-corrected chi connectivity index (χ4v) is 3.16. The average molecular weight is 353 g/mol. The van der Waals surface area contributed by atoms with Gasteiger partial charge in [-0.3, -0.25) is 4.79 Å². The van der Waals surface area contributed by atoms with E-state index in [1.54, 1.807) is 31.1 Å². The van der Waals surface area contributed by atoms with Gasteiger partial charge in [0.2, 0.25) is 0 Å². The van der Waals surface area contributed by atoms with Crippen molar-refractivity contribution in [1.29, 1.82) is 0 Å². The molecule has 5 nitrogen and oxygen atoms in total. The molecule has 2 aromatic carbocycles. The summed E-state index contributed by atoms with van der Waals surface area (Å²) in [7, 11) is 1.62. The molecule has 0 N–H and O–H groups in total. The van der Waals surface area contributed by atoms with E-state index in [9.17, 15) is 9.59 Å². The highest BCUT2D eigenvalue weighted by atomic mass is 16.5. The summed E-state index contributed by atoms with van der Waals surface area (Å²) in [5, 5.41) is 0. The highest BCUT2D eigenvalue weighted by Crippen LogP contribution is 2.27. The number of hydrogen-bond donors (Lipinski definition) is 0. The maximum atomic E-state index is 12.8. The Labute approximate surface area is 153 Å². The maximum absolute atomic E-state index is 12.8. The maximum Gasteiger partial charge on any atom is 0.338 e. The van der Waals surface area contributed by atoms with Crippen LogP contribution in [-0.2, 0) is 27.3 Å². The number of hydrogen-bond acceptors (Lipinski definition) is 4. The number of amides is 1. The van der Waals surface area contributed by atoms with Crippen LogP contribution in [0.15, 0.2) is 48.5 Å². The quantitative estimate of drug-likeness (QED) is 0.774. The minimum Gasteiger partial charge on any atom is -0.449 e. The fourth-order valence-electron chi connectivity index (χ4n) is 3.16. The van der Waals surface area contributed by atoms with Gasteiger partial charge < -0.3 is 14.4 Å². The molecule has 0 aromatic heterocycles. The van der Waals surface area contributed by atoms with Gasteiger partial charge in [0.15, 0.2) is 6.10 Å². The van der Waals surface area contributed by atoms with Crippen molar-refractivity contribution in [3.63, 3.8) is 0 Å². The standard InChI is InChI=1S/C21H23NO4/c1-15(26-21(24)18-11-9-16(10-12-18)14-25-2)20(23)22-13-5-7-17-6-3-4-8-19(17)22/h3-4,6,8-12,15H,5,7,13-14H2,1-2H3. The molecule has 0 spiro atoms. The second kappa shape index (κ2) is 8.15. The number of nitrogens with zero attached hydrogens (tertiary/aromatic N) is 1. The van der Waals surface area contributed by atoms with Crippen molar-refractivity contribution < 1.29 is 19.1 Å². The van der Waals surface area contributed by atoms with Crippen molar-refractivity contribution in [2.24, 2.45) is 0 Å². The minimum absolute atomic E-state index is 0.193. The van der Waals surface area contributed by atoms with Gasteiger partial charge in [0, 0.05) is 19.3 Å². The van der Waals surface area contributed by atoms with Gasteiger partial charge >= 0.3 is 5.97 Å². The normalized spacial score (nSPS) is 14.5. The molecule has 1 atom stereocenters. The predicted octanol–water partition coefficient (Wildman–Crippen LogP) is 3.36. The molecular weight excluding hydrogens is 330 g/mol. The summed E-state index contributed by atoms with van der Waals surface area (Å²) >= 11 is 0. The van der Waals surface area contributed by atoms with Crippen LogP contribution >= 0.6 is 0 Å². The van der Waals surface area contributed by atoms with Crippen molar-refractivity contribution in [1.82, 2.24) is 0 Å². The lowest BCUT2D eigenvalue weighted by Crippen LogP contribution is -2.42. The largest absolute Gasteiger partial charge is 0.449 e. The minimum atomic E-state index is -0.840. The van der Waals surface area contributed by atoms with Gasteiger partial charge in [0.05, 0.1) is 12.2 Å². The Kier molecular flexibility index (Phi) is 5.68. The molecule has 26 heavy (non-hydrogen) atoms. The Hall–Kier alpha value is -2.66. The van der Waals surface area contributed by atoms with Gasteiger partial charge in [-0.05, 0) is 49.1 Å². The number of rotatable bonds is 5. The number of fused-ring (bicyclic) bond motifs is 1. The van der Waals surface area contributed by atoms with Crippen LogP contribution in [0.25, 0.3) is 0 Å². The van der Waals surface area contributed by atoms with E-state index in [0.717, 1.165) is 29.7 Å². The molecule has 5 heteroatoms. The molecular formula is C21H23NO4. The summed E-state index contributed by atoms with van der Waals surface area (Å²) in [4.78, 5) is 26.9. The third kappa shape index (κ3) is 3.94. The van der Waals surface area contributed by atoms with Crippen LogP contribution in [-0.4, -0.2) is 31.6 Å². The molecule has 0 bridgehead atoms. The first-order valence-electron chi connectivity index (χ1n) is 8.78.